The number of carbonyl (C=O) groups excluding carboxylic acids is 1. The summed E-state index contributed by atoms with van der Waals surface area (Å²) in [5.74, 6) is -0.293. The second-order valence-electron chi connectivity index (χ2n) is 8.79. The van der Waals surface area contributed by atoms with Crippen molar-refractivity contribution in [2.75, 3.05) is 0 Å². The van der Waals surface area contributed by atoms with Crippen LogP contribution in [0.5, 0.6) is 0 Å². The summed E-state index contributed by atoms with van der Waals surface area (Å²) in [6.45, 7) is 2.55. The number of benzene rings is 2. The number of nitrogens with zero attached hydrogens (tertiary/aromatic N) is 3. The lowest BCUT2D eigenvalue weighted by Gasteiger charge is -2.26. The zero-order valence-electron chi connectivity index (χ0n) is 17.8. The van der Waals surface area contributed by atoms with Crippen molar-refractivity contribution in [2.45, 2.75) is 51.3 Å². The largest absolute Gasteiger partial charge is 0.391 e. The maximum Gasteiger partial charge on any atom is 0.254 e. The molecule has 2 atom stereocenters. The number of aliphatic hydroxyl groups is 1. The van der Waals surface area contributed by atoms with Gasteiger partial charge in [-0.05, 0) is 66.6 Å². The molecule has 0 saturated heterocycles. The summed E-state index contributed by atoms with van der Waals surface area (Å²) in [7, 11) is 1.83. The van der Waals surface area contributed by atoms with E-state index in [0.717, 1.165) is 47.2 Å². The van der Waals surface area contributed by atoms with E-state index >= 15 is 0 Å². The van der Waals surface area contributed by atoms with Crippen LogP contribution in [-0.4, -0.2) is 37.8 Å². The van der Waals surface area contributed by atoms with Crippen LogP contribution in [0, 0.1) is 12.7 Å². The topological polar surface area (TPSA) is 58.4 Å². The standard InChI is InChI=1S/C25H26FN3O2/c1-15-10-19-14-29(23-4-3-5-24(23)30)25(31)20(19)12-18(15)11-16-6-7-17(13-21(16)26)22-8-9-28(2)27-22/h6-10,12-13,23-24,30H,3-5,11,14H2,1-2H3/t23-,24-/m1/s1. The normalized spacial score (nSPS) is 20.5. The van der Waals surface area contributed by atoms with Gasteiger partial charge in [-0.15, -0.1) is 0 Å². The summed E-state index contributed by atoms with van der Waals surface area (Å²) in [4.78, 5) is 14.9. The van der Waals surface area contributed by atoms with Gasteiger partial charge >= 0.3 is 0 Å². The Balaban J connectivity index is 1.40. The summed E-state index contributed by atoms with van der Waals surface area (Å²) in [6, 6.07) is 10.9. The molecule has 1 saturated carbocycles. The van der Waals surface area contributed by atoms with Crippen molar-refractivity contribution in [2.24, 2.45) is 7.05 Å². The van der Waals surface area contributed by atoms with Crippen LogP contribution in [0.4, 0.5) is 4.39 Å². The van der Waals surface area contributed by atoms with Crippen molar-refractivity contribution < 1.29 is 14.3 Å². The molecule has 6 heteroatoms. The van der Waals surface area contributed by atoms with Crippen molar-refractivity contribution in [1.82, 2.24) is 14.7 Å². The second kappa shape index (κ2) is 7.61. The summed E-state index contributed by atoms with van der Waals surface area (Å²) in [6.07, 6.45) is 4.37. The van der Waals surface area contributed by atoms with Crippen LogP contribution >= 0.6 is 0 Å². The van der Waals surface area contributed by atoms with Crippen LogP contribution in [0.2, 0.25) is 0 Å². The molecule has 1 aliphatic carbocycles. The van der Waals surface area contributed by atoms with Crippen LogP contribution in [-0.2, 0) is 20.0 Å². The van der Waals surface area contributed by atoms with Crippen LogP contribution in [0.3, 0.4) is 0 Å². The van der Waals surface area contributed by atoms with Crippen LogP contribution in [0.1, 0.15) is 51.9 Å². The molecule has 0 radical (unpaired) electrons. The highest BCUT2D eigenvalue weighted by molar-refractivity contribution is 5.99. The molecule has 31 heavy (non-hydrogen) atoms. The van der Waals surface area contributed by atoms with E-state index in [0.29, 0.717) is 24.1 Å². The van der Waals surface area contributed by atoms with E-state index in [1.165, 1.54) is 6.07 Å². The molecule has 2 aromatic carbocycles. The molecular formula is C25H26FN3O2. The van der Waals surface area contributed by atoms with E-state index in [1.807, 2.05) is 49.3 Å². The first-order chi connectivity index (χ1) is 14.9. The fourth-order valence-corrected chi connectivity index (χ4v) is 4.92. The average molecular weight is 420 g/mol. The van der Waals surface area contributed by atoms with Crippen LogP contribution < -0.4 is 0 Å². The second-order valence-corrected chi connectivity index (χ2v) is 8.79. The molecule has 1 aromatic heterocycles. The Morgan fingerprint density at radius 1 is 1.16 bits per heavy atom. The number of rotatable bonds is 4. The third kappa shape index (κ3) is 3.55. The van der Waals surface area contributed by atoms with Gasteiger partial charge in [-0.3, -0.25) is 9.48 Å². The van der Waals surface area contributed by atoms with Gasteiger partial charge in [-0.2, -0.15) is 5.10 Å². The third-order valence-corrected chi connectivity index (χ3v) is 6.68. The van der Waals surface area contributed by atoms with Crippen molar-refractivity contribution in [1.29, 1.82) is 0 Å². The quantitative estimate of drug-likeness (QED) is 0.696. The van der Waals surface area contributed by atoms with Gasteiger partial charge in [0.2, 0.25) is 0 Å². The lowest BCUT2D eigenvalue weighted by atomic mass is 9.95. The molecular weight excluding hydrogens is 393 g/mol. The van der Waals surface area contributed by atoms with Gasteiger partial charge in [0.1, 0.15) is 5.82 Å². The number of hydrogen-bond acceptors (Lipinski definition) is 3. The minimum absolute atomic E-state index is 0.0202. The molecule has 0 spiro atoms. The Morgan fingerprint density at radius 2 is 2.00 bits per heavy atom. The predicted octanol–water partition coefficient (Wildman–Crippen LogP) is 3.99. The van der Waals surface area contributed by atoms with E-state index < -0.39 is 6.10 Å². The molecule has 3 aromatic rings. The van der Waals surface area contributed by atoms with Gasteiger partial charge in [0.05, 0.1) is 17.8 Å². The fraction of sp³-hybridized carbons (Fsp3) is 0.360. The van der Waals surface area contributed by atoms with E-state index in [4.69, 9.17) is 0 Å². The van der Waals surface area contributed by atoms with E-state index in [9.17, 15) is 14.3 Å². The maximum atomic E-state index is 14.9. The van der Waals surface area contributed by atoms with Crippen LogP contribution in [0.15, 0.2) is 42.6 Å². The molecule has 160 valence electrons. The number of halogens is 1. The zero-order chi connectivity index (χ0) is 21.7. The lowest BCUT2D eigenvalue weighted by Crippen LogP contribution is -2.40. The number of hydrogen-bond donors (Lipinski definition) is 1. The van der Waals surface area contributed by atoms with Crippen molar-refractivity contribution in [3.63, 3.8) is 0 Å². The molecule has 1 amide bonds. The Labute approximate surface area is 181 Å². The summed E-state index contributed by atoms with van der Waals surface area (Å²) in [5.41, 5.74) is 5.76. The molecule has 1 aliphatic heterocycles. The number of carbonyl (C=O) groups is 1. The molecule has 5 nitrogen and oxygen atoms in total. The smallest absolute Gasteiger partial charge is 0.254 e. The number of amides is 1. The summed E-state index contributed by atoms with van der Waals surface area (Å²) < 4.78 is 16.6. The Kier molecular flexibility index (Phi) is 4.89. The monoisotopic (exact) mass is 419 g/mol. The highest BCUT2D eigenvalue weighted by atomic mass is 19.1. The zero-order valence-corrected chi connectivity index (χ0v) is 17.8. The molecule has 0 unspecified atom stereocenters. The summed E-state index contributed by atoms with van der Waals surface area (Å²) >= 11 is 0. The van der Waals surface area contributed by atoms with Crippen molar-refractivity contribution in [3.8, 4) is 11.3 Å². The Hall–Kier alpha value is -2.99. The highest BCUT2D eigenvalue weighted by Gasteiger charge is 2.38. The number of aryl methyl sites for hydroxylation is 2. The summed E-state index contributed by atoms with van der Waals surface area (Å²) in [5, 5.41) is 14.6. The molecule has 0 bridgehead atoms. The molecule has 5 rings (SSSR count). The maximum absolute atomic E-state index is 14.9. The first kappa shape index (κ1) is 19.9. The average Bonchev–Trinajstić information content (AvgIpc) is 3.43. The molecule has 2 heterocycles. The van der Waals surface area contributed by atoms with E-state index in [-0.39, 0.29) is 17.8 Å². The fourth-order valence-electron chi connectivity index (χ4n) is 4.92. The van der Waals surface area contributed by atoms with Gasteiger partial charge in [-0.1, -0.05) is 18.2 Å². The SMILES string of the molecule is Cc1cc2c(cc1Cc1ccc(-c3ccn(C)n3)cc1F)C(=O)N([C@@H]1CCC[C@H]1O)C2. The highest BCUT2D eigenvalue weighted by Crippen LogP contribution is 2.34. The van der Waals surface area contributed by atoms with Crippen molar-refractivity contribution >= 4 is 5.91 Å². The third-order valence-electron chi connectivity index (χ3n) is 6.68. The minimum atomic E-state index is -0.439. The van der Waals surface area contributed by atoms with Gasteiger partial charge in [0.15, 0.2) is 0 Å². The van der Waals surface area contributed by atoms with Gasteiger partial charge in [0.25, 0.3) is 5.91 Å². The Bertz CT molecular complexity index is 1170. The number of aromatic nitrogens is 2. The number of fused-ring (bicyclic) bond motifs is 1. The van der Waals surface area contributed by atoms with Gasteiger partial charge in [-0.25, -0.2) is 4.39 Å². The van der Waals surface area contributed by atoms with Gasteiger partial charge < -0.3 is 10.0 Å². The van der Waals surface area contributed by atoms with E-state index in [1.54, 1.807) is 10.7 Å². The minimum Gasteiger partial charge on any atom is -0.391 e. The molecule has 1 fully saturated rings. The van der Waals surface area contributed by atoms with Crippen LogP contribution in [0.25, 0.3) is 11.3 Å². The van der Waals surface area contributed by atoms with E-state index in [2.05, 4.69) is 5.10 Å². The predicted molar refractivity (Wildman–Crippen MR) is 116 cm³/mol. The first-order valence-electron chi connectivity index (χ1n) is 10.8. The number of aliphatic hydroxyl groups excluding tert-OH is 1. The molecule has 1 N–H and O–H groups in total. The lowest BCUT2D eigenvalue weighted by molar-refractivity contribution is 0.0479. The Morgan fingerprint density at radius 3 is 2.68 bits per heavy atom. The first-order valence-corrected chi connectivity index (χ1v) is 10.8. The molecule has 2 aliphatic rings. The van der Waals surface area contributed by atoms with Gasteiger partial charge in [0, 0.05) is 37.3 Å². The van der Waals surface area contributed by atoms with Crippen molar-refractivity contribution in [3.05, 3.63) is 76.2 Å².